The fourth-order valence-corrected chi connectivity index (χ4v) is 3.40. The first-order valence-electron chi connectivity index (χ1n) is 8.89. The van der Waals surface area contributed by atoms with E-state index in [0.717, 1.165) is 22.3 Å². The monoisotopic (exact) mass is 373 g/mol. The number of nitrogens with zero attached hydrogens (tertiary/aromatic N) is 1. The zero-order chi connectivity index (χ0) is 19.5. The van der Waals surface area contributed by atoms with Gasteiger partial charge in [-0.3, -0.25) is 0 Å². The summed E-state index contributed by atoms with van der Waals surface area (Å²) < 4.78 is 10.5. The summed E-state index contributed by atoms with van der Waals surface area (Å²) in [7, 11) is 3.13. The summed E-state index contributed by atoms with van der Waals surface area (Å²) in [5, 5.41) is 4.20. The molecule has 5 nitrogen and oxygen atoms in total. The molecule has 0 saturated heterocycles. The van der Waals surface area contributed by atoms with Crippen molar-refractivity contribution in [1.29, 1.82) is 0 Å². The Balaban J connectivity index is 1.59. The van der Waals surface area contributed by atoms with Crippen molar-refractivity contribution < 1.29 is 19.1 Å². The molecule has 0 atom stereocenters. The van der Waals surface area contributed by atoms with Gasteiger partial charge < -0.3 is 14.3 Å². The third-order valence-corrected chi connectivity index (χ3v) is 4.72. The van der Waals surface area contributed by atoms with Crippen molar-refractivity contribution in [3.63, 3.8) is 0 Å². The van der Waals surface area contributed by atoms with Crippen molar-refractivity contribution in [2.24, 2.45) is 5.16 Å². The summed E-state index contributed by atoms with van der Waals surface area (Å²) in [6.45, 7) is 0. The number of ether oxygens (including phenoxy) is 2. The van der Waals surface area contributed by atoms with Crippen molar-refractivity contribution >= 4 is 11.7 Å². The predicted molar refractivity (Wildman–Crippen MR) is 107 cm³/mol. The van der Waals surface area contributed by atoms with E-state index in [0.29, 0.717) is 22.8 Å². The molecule has 0 heterocycles. The molecule has 0 aliphatic heterocycles. The van der Waals surface area contributed by atoms with Crippen LogP contribution >= 0.6 is 0 Å². The van der Waals surface area contributed by atoms with E-state index in [1.54, 1.807) is 32.4 Å². The highest BCUT2D eigenvalue weighted by atomic mass is 16.7. The van der Waals surface area contributed by atoms with Gasteiger partial charge >= 0.3 is 5.97 Å². The van der Waals surface area contributed by atoms with Crippen molar-refractivity contribution in [2.45, 2.75) is 6.42 Å². The average molecular weight is 373 g/mol. The molecule has 4 rings (SSSR count). The Labute approximate surface area is 163 Å². The van der Waals surface area contributed by atoms with Crippen molar-refractivity contribution in [2.75, 3.05) is 14.2 Å². The lowest BCUT2D eigenvalue weighted by Gasteiger charge is -2.09. The summed E-state index contributed by atoms with van der Waals surface area (Å²) in [6.07, 6.45) is 0.0282. The molecule has 1 aliphatic rings. The molecule has 0 aromatic heterocycles. The van der Waals surface area contributed by atoms with Gasteiger partial charge in [0.15, 0.2) is 0 Å². The van der Waals surface area contributed by atoms with Gasteiger partial charge in [-0.1, -0.05) is 53.7 Å². The van der Waals surface area contributed by atoms with Crippen molar-refractivity contribution in [1.82, 2.24) is 0 Å². The number of methoxy groups -OCH3 is 2. The highest BCUT2D eigenvalue weighted by Gasteiger charge is 2.25. The van der Waals surface area contributed by atoms with E-state index in [-0.39, 0.29) is 6.42 Å². The first-order valence-corrected chi connectivity index (χ1v) is 8.89. The van der Waals surface area contributed by atoms with Gasteiger partial charge in [-0.2, -0.15) is 0 Å². The van der Waals surface area contributed by atoms with Crippen molar-refractivity contribution in [3.8, 4) is 22.6 Å². The Morgan fingerprint density at radius 3 is 2.00 bits per heavy atom. The topological polar surface area (TPSA) is 57.1 Å². The lowest BCUT2D eigenvalue weighted by Crippen LogP contribution is -2.08. The van der Waals surface area contributed by atoms with E-state index in [4.69, 9.17) is 14.3 Å². The fraction of sp³-hybridized carbons (Fsp3) is 0.130. The smallest absolute Gasteiger partial charge is 0.339 e. The molecule has 0 spiro atoms. The molecule has 0 amide bonds. The number of fused-ring (bicyclic) bond motifs is 3. The molecular formula is C23H19NO4. The van der Waals surface area contributed by atoms with Crippen LogP contribution in [0.2, 0.25) is 0 Å². The molecule has 0 bridgehead atoms. The van der Waals surface area contributed by atoms with Gasteiger partial charge in [-0.15, -0.1) is 0 Å². The molecule has 0 N–H and O–H groups in total. The Morgan fingerprint density at radius 1 is 0.821 bits per heavy atom. The van der Waals surface area contributed by atoms with E-state index in [1.165, 1.54) is 0 Å². The second kappa shape index (κ2) is 7.56. The Morgan fingerprint density at radius 2 is 1.43 bits per heavy atom. The van der Waals surface area contributed by atoms with E-state index >= 15 is 0 Å². The van der Waals surface area contributed by atoms with Crippen LogP contribution in [0.3, 0.4) is 0 Å². The second-order valence-electron chi connectivity index (χ2n) is 6.35. The van der Waals surface area contributed by atoms with Crippen LogP contribution < -0.4 is 9.47 Å². The highest BCUT2D eigenvalue weighted by molar-refractivity contribution is 6.24. The van der Waals surface area contributed by atoms with Crippen LogP contribution in [-0.4, -0.2) is 25.9 Å². The fourth-order valence-electron chi connectivity index (χ4n) is 3.40. The molecule has 28 heavy (non-hydrogen) atoms. The van der Waals surface area contributed by atoms with Crippen LogP contribution in [0.4, 0.5) is 0 Å². The minimum Gasteiger partial charge on any atom is -0.497 e. The van der Waals surface area contributed by atoms with Gasteiger partial charge in [0, 0.05) is 16.7 Å². The van der Waals surface area contributed by atoms with E-state index in [1.807, 2.05) is 48.5 Å². The normalized spacial score (nSPS) is 11.4. The SMILES string of the molecule is COc1ccc(OC)c(CC(=O)ON=C2c3ccccc3-c3ccccc32)c1. The third kappa shape index (κ3) is 3.22. The molecule has 140 valence electrons. The molecule has 3 aromatic rings. The maximum atomic E-state index is 12.4. The molecule has 0 saturated carbocycles. The summed E-state index contributed by atoms with van der Waals surface area (Å²) in [5.74, 6) is 0.774. The van der Waals surface area contributed by atoms with Crippen molar-refractivity contribution in [3.05, 3.63) is 83.4 Å². The predicted octanol–water partition coefficient (Wildman–Crippen LogP) is 4.22. The minimum absolute atomic E-state index is 0.0282. The summed E-state index contributed by atoms with van der Waals surface area (Å²) >= 11 is 0. The van der Waals surface area contributed by atoms with Crippen LogP contribution in [0.1, 0.15) is 16.7 Å². The number of carbonyl (C=O) groups excluding carboxylic acids is 1. The number of benzene rings is 3. The van der Waals surface area contributed by atoms with Crippen LogP contribution in [0.15, 0.2) is 71.9 Å². The molecule has 0 unspecified atom stereocenters. The average Bonchev–Trinajstić information content (AvgIpc) is 3.06. The summed E-state index contributed by atoms with van der Waals surface area (Å²) in [6, 6.07) is 21.2. The number of hydrogen-bond acceptors (Lipinski definition) is 5. The van der Waals surface area contributed by atoms with Gasteiger partial charge in [0.05, 0.1) is 20.6 Å². The zero-order valence-electron chi connectivity index (χ0n) is 15.6. The Kier molecular flexibility index (Phi) is 4.81. The van der Waals surface area contributed by atoms with Gasteiger partial charge in [0.25, 0.3) is 0 Å². The van der Waals surface area contributed by atoms with E-state index in [2.05, 4.69) is 5.16 Å². The molecule has 1 aliphatic carbocycles. The lowest BCUT2D eigenvalue weighted by atomic mass is 10.1. The van der Waals surface area contributed by atoms with E-state index < -0.39 is 5.97 Å². The highest BCUT2D eigenvalue weighted by Crippen LogP contribution is 2.36. The second-order valence-corrected chi connectivity index (χ2v) is 6.35. The first kappa shape index (κ1) is 17.8. The van der Waals surface area contributed by atoms with Crippen LogP contribution in [-0.2, 0) is 16.1 Å². The summed E-state index contributed by atoms with van der Waals surface area (Å²) in [4.78, 5) is 17.7. The molecule has 5 heteroatoms. The standard InChI is InChI=1S/C23H19NO4/c1-26-16-11-12-21(27-2)15(13-16)14-22(25)28-24-23-19-9-5-3-7-17(19)18-8-4-6-10-20(18)23/h3-13H,14H2,1-2H3. The lowest BCUT2D eigenvalue weighted by molar-refractivity contribution is -0.142. The van der Waals surface area contributed by atoms with Gasteiger partial charge in [-0.05, 0) is 29.3 Å². The van der Waals surface area contributed by atoms with Gasteiger partial charge in [0.1, 0.15) is 17.2 Å². The molecule has 0 radical (unpaired) electrons. The number of hydrogen-bond donors (Lipinski definition) is 0. The minimum atomic E-state index is -0.471. The number of rotatable bonds is 5. The maximum absolute atomic E-state index is 12.4. The summed E-state index contributed by atoms with van der Waals surface area (Å²) in [5.41, 5.74) is 5.42. The van der Waals surface area contributed by atoms with Gasteiger partial charge in [-0.25, -0.2) is 4.79 Å². The van der Waals surface area contributed by atoms with Crippen LogP contribution in [0.5, 0.6) is 11.5 Å². The van der Waals surface area contributed by atoms with Crippen LogP contribution in [0, 0.1) is 0 Å². The molecule has 0 fully saturated rings. The third-order valence-electron chi connectivity index (χ3n) is 4.72. The van der Waals surface area contributed by atoms with Crippen LogP contribution in [0.25, 0.3) is 11.1 Å². The molecule has 3 aromatic carbocycles. The first-order chi connectivity index (χ1) is 13.7. The Bertz CT molecular complexity index is 1020. The van der Waals surface area contributed by atoms with E-state index in [9.17, 15) is 4.79 Å². The zero-order valence-corrected chi connectivity index (χ0v) is 15.6. The molecular weight excluding hydrogens is 354 g/mol. The van der Waals surface area contributed by atoms with Gasteiger partial charge in [0.2, 0.25) is 0 Å². The largest absolute Gasteiger partial charge is 0.497 e. The Hall–Kier alpha value is -3.60. The number of oxime groups is 1. The number of carbonyl (C=O) groups is 1. The quantitative estimate of drug-likeness (QED) is 0.388. The maximum Gasteiger partial charge on any atom is 0.339 e.